The van der Waals surface area contributed by atoms with E-state index >= 15 is 0 Å². The summed E-state index contributed by atoms with van der Waals surface area (Å²) in [4.78, 5) is 23.2. The number of aliphatic imine (C=N–C) groups is 1. The van der Waals surface area contributed by atoms with E-state index in [1.165, 1.54) is 0 Å². The maximum Gasteiger partial charge on any atom is 0.239 e. The molecule has 1 amide bonds. The molecular formula is C20H22N4O2S. The molecule has 2 aliphatic heterocycles. The van der Waals surface area contributed by atoms with Crippen LogP contribution in [0.2, 0.25) is 0 Å². The summed E-state index contributed by atoms with van der Waals surface area (Å²) in [6.07, 6.45) is 0. The first-order valence-corrected chi connectivity index (χ1v) is 9.83. The van der Waals surface area contributed by atoms with Crippen LogP contribution in [0.3, 0.4) is 0 Å². The Hall–Kier alpha value is -2.51. The van der Waals surface area contributed by atoms with Crippen molar-refractivity contribution in [3.05, 3.63) is 48.0 Å². The molecule has 2 aromatic carbocycles. The van der Waals surface area contributed by atoms with Gasteiger partial charge in [-0.05, 0) is 31.2 Å². The van der Waals surface area contributed by atoms with Crippen LogP contribution in [0, 0.1) is 0 Å². The fourth-order valence-corrected chi connectivity index (χ4v) is 4.43. The van der Waals surface area contributed by atoms with Crippen molar-refractivity contribution in [3.8, 4) is 5.75 Å². The first kappa shape index (κ1) is 17.9. The quantitative estimate of drug-likeness (QED) is 0.792. The number of aromatic hydroxyl groups is 1. The van der Waals surface area contributed by atoms with Crippen LogP contribution in [0.4, 0.5) is 5.69 Å². The Morgan fingerprint density at radius 2 is 1.89 bits per heavy atom. The molecule has 2 aromatic rings. The van der Waals surface area contributed by atoms with Crippen LogP contribution in [0.15, 0.2) is 57.2 Å². The number of nitrogens with two attached hydrogens (primary N) is 1. The Morgan fingerprint density at radius 1 is 1.15 bits per heavy atom. The third-order valence-corrected chi connectivity index (χ3v) is 5.92. The van der Waals surface area contributed by atoms with Crippen molar-refractivity contribution in [2.75, 3.05) is 26.2 Å². The molecule has 1 saturated heterocycles. The van der Waals surface area contributed by atoms with Crippen LogP contribution in [-0.4, -0.2) is 58.9 Å². The highest BCUT2D eigenvalue weighted by Crippen LogP contribution is 2.42. The summed E-state index contributed by atoms with van der Waals surface area (Å²) in [6, 6.07) is 13.0. The van der Waals surface area contributed by atoms with E-state index in [4.69, 9.17) is 10.7 Å². The predicted molar refractivity (Wildman–Crippen MR) is 107 cm³/mol. The molecule has 3 N–H and O–H groups in total. The van der Waals surface area contributed by atoms with Crippen LogP contribution in [0.25, 0.3) is 0 Å². The van der Waals surface area contributed by atoms with Gasteiger partial charge in [-0.25, -0.2) is 4.99 Å². The van der Waals surface area contributed by atoms with Crippen molar-refractivity contribution in [2.45, 2.75) is 22.8 Å². The van der Waals surface area contributed by atoms with Gasteiger partial charge >= 0.3 is 0 Å². The first-order chi connectivity index (χ1) is 13.0. The molecule has 140 valence electrons. The van der Waals surface area contributed by atoms with Gasteiger partial charge in [-0.3, -0.25) is 4.79 Å². The number of hydrogen-bond acceptors (Lipinski definition) is 6. The molecule has 7 heteroatoms. The second kappa shape index (κ2) is 7.25. The molecule has 1 fully saturated rings. The number of phenols is 1. The molecule has 0 spiro atoms. The molecule has 0 aromatic heterocycles. The number of phenolic OH excluding ortho intramolecular Hbond substituents is 1. The molecule has 0 saturated carbocycles. The number of amides is 1. The maximum absolute atomic E-state index is 12.2. The maximum atomic E-state index is 12.2. The van der Waals surface area contributed by atoms with Crippen molar-refractivity contribution in [3.63, 3.8) is 0 Å². The third kappa shape index (κ3) is 3.52. The Bertz CT molecular complexity index is 905. The molecule has 0 radical (unpaired) electrons. The summed E-state index contributed by atoms with van der Waals surface area (Å²) >= 11 is 1.61. The lowest BCUT2D eigenvalue weighted by molar-refractivity contribution is -0.133. The predicted octanol–water partition coefficient (Wildman–Crippen LogP) is 2.43. The van der Waals surface area contributed by atoms with E-state index in [1.54, 1.807) is 30.8 Å². The van der Waals surface area contributed by atoms with Gasteiger partial charge in [0.15, 0.2) is 0 Å². The highest BCUT2D eigenvalue weighted by atomic mass is 32.2. The van der Waals surface area contributed by atoms with E-state index in [0.717, 1.165) is 26.9 Å². The van der Waals surface area contributed by atoms with Gasteiger partial charge in [0.25, 0.3) is 0 Å². The average molecular weight is 382 g/mol. The standard InChI is InChI=1S/C20H22N4O2S/c1-13(21)20(26)24-10-8-23(9-11-24)19-15-4-2-3-5-17(15)27-18-12-14(25)6-7-16(18)22-19/h2-7,12-13,25H,8-11,21H2,1H3. The molecule has 0 aliphatic carbocycles. The van der Waals surface area contributed by atoms with Crippen LogP contribution in [0.1, 0.15) is 12.5 Å². The lowest BCUT2D eigenvalue weighted by Crippen LogP contribution is -2.53. The number of piperazine rings is 1. The molecule has 2 heterocycles. The van der Waals surface area contributed by atoms with Gasteiger partial charge in [0.05, 0.1) is 11.7 Å². The van der Waals surface area contributed by atoms with E-state index in [-0.39, 0.29) is 11.7 Å². The number of carbonyl (C=O) groups is 1. The van der Waals surface area contributed by atoms with Gasteiger partial charge in [0, 0.05) is 41.5 Å². The van der Waals surface area contributed by atoms with Gasteiger partial charge in [-0.2, -0.15) is 0 Å². The van der Waals surface area contributed by atoms with Crippen LogP contribution >= 0.6 is 11.8 Å². The molecular weight excluding hydrogens is 360 g/mol. The smallest absolute Gasteiger partial charge is 0.239 e. The summed E-state index contributed by atoms with van der Waals surface area (Å²) in [7, 11) is 0. The zero-order valence-corrected chi connectivity index (χ0v) is 15.9. The van der Waals surface area contributed by atoms with Crippen LogP contribution in [-0.2, 0) is 4.79 Å². The number of rotatable bonds is 1. The number of fused-ring (bicyclic) bond motifs is 2. The van der Waals surface area contributed by atoms with Crippen molar-refractivity contribution in [1.82, 2.24) is 9.80 Å². The van der Waals surface area contributed by atoms with Crippen molar-refractivity contribution in [2.24, 2.45) is 10.7 Å². The van der Waals surface area contributed by atoms with E-state index in [1.807, 2.05) is 23.1 Å². The van der Waals surface area contributed by atoms with Crippen molar-refractivity contribution < 1.29 is 9.90 Å². The third-order valence-electron chi connectivity index (χ3n) is 4.80. The average Bonchev–Trinajstić information content (AvgIpc) is 2.83. The number of hydrogen-bond donors (Lipinski definition) is 2. The molecule has 6 nitrogen and oxygen atoms in total. The van der Waals surface area contributed by atoms with E-state index in [2.05, 4.69) is 17.0 Å². The molecule has 1 unspecified atom stereocenters. The second-order valence-electron chi connectivity index (χ2n) is 6.79. The van der Waals surface area contributed by atoms with Crippen molar-refractivity contribution in [1.29, 1.82) is 0 Å². The van der Waals surface area contributed by atoms with Crippen LogP contribution in [0.5, 0.6) is 5.75 Å². The Morgan fingerprint density at radius 3 is 2.63 bits per heavy atom. The lowest BCUT2D eigenvalue weighted by atomic mass is 10.1. The van der Waals surface area contributed by atoms with E-state index in [9.17, 15) is 9.90 Å². The fourth-order valence-electron chi connectivity index (χ4n) is 3.38. The summed E-state index contributed by atoms with van der Waals surface area (Å²) in [5, 5.41) is 9.85. The summed E-state index contributed by atoms with van der Waals surface area (Å²) in [5.74, 6) is 1.14. The number of benzene rings is 2. The number of nitrogens with zero attached hydrogens (tertiary/aromatic N) is 3. The van der Waals surface area contributed by atoms with E-state index in [0.29, 0.717) is 26.2 Å². The minimum absolute atomic E-state index is 0.00534. The van der Waals surface area contributed by atoms with E-state index < -0.39 is 6.04 Å². The van der Waals surface area contributed by atoms with Gasteiger partial charge in [0.1, 0.15) is 11.6 Å². The Labute approximate surface area is 162 Å². The Balaban J connectivity index is 1.67. The topological polar surface area (TPSA) is 82.2 Å². The fraction of sp³-hybridized carbons (Fsp3) is 0.300. The van der Waals surface area contributed by atoms with Gasteiger partial charge < -0.3 is 20.6 Å². The summed E-state index contributed by atoms with van der Waals surface area (Å²) < 4.78 is 0. The number of amidine groups is 1. The highest BCUT2D eigenvalue weighted by Gasteiger charge is 2.27. The normalized spacial score (nSPS) is 17.5. The Kier molecular flexibility index (Phi) is 4.80. The number of carbonyl (C=O) groups excluding carboxylic acids is 1. The first-order valence-electron chi connectivity index (χ1n) is 9.01. The highest BCUT2D eigenvalue weighted by molar-refractivity contribution is 7.99. The lowest BCUT2D eigenvalue weighted by Gasteiger charge is -2.37. The van der Waals surface area contributed by atoms with Gasteiger partial charge in [-0.15, -0.1) is 0 Å². The molecule has 0 bridgehead atoms. The molecule has 27 heavy (non-hydrogen) atoms. The molecule has 2 aliphatic rings. The SMILES string of the molecule is CC(N)C(=O)N1CCN(C2=Nc3ccc(O)cc3Sc3ccccc32)CC1. The van der Waals surface area contributed by atoms with Crippen molar-refractivity contribution >= 4 is 29.2 Å². The second-order valence-corrected chi connectivity index (χ2v) is 7.87. The minimum Gasteiger partial charge on any atom is -0.508 e. The monoisotopic (exact) mass is 382 g/mol. The zero-order chi connectivity index (χ0) is 19.0. The summed E-state index contributed by atoms with van der Waals surface area (Å²) in [6.45, 7) is 4.42. The minimum atomic E-state index is -0.469. The van der Waals surface area contributed by atoms with Crippen LogP contribution < -0.4 is 5.73 Å². The zero-order valence-electron chi connectivity index (χ0n) is 15.1. The molecule has 1 atom stereocenters. The summed E-state index contributed by atoms with van der Waals surface area (Å²) in [5.41, 5.74) is 7.66. The van der Waals surface area contributed by atoms with Gasteiger partial charge in [0.2, 0.25) is 5.91 Å². The molecule has 4 rings (SSSR count). The van der Waals surface area contributed by atoms with Gasteiger partial charge in [-0.1, -0.05) is 30.0 Å². The largest absolute Gasteiger partial charge is 0.508 e.